The van der Waals surface area contributed by atoms with Crippen molar-refractivity contribution in [2.75, 3.05) is 6.54 Å². The second kappa shape index (κ2) is 5.19. The second-order valence-electron chi connectivity index (χ2n) is 4.36. The van der Waals surface area contributed by atoms with E-state index in [9.17, 15) is 4.79 Å². The summed E-state index contributed by atoms with van der Waals surface area (Å²) in [4.78, 5) is 14.1. The molecule has 88 valence electrons. The van der Waals surface area contributed by atoms with E-state index in [1.165, 1.54) is 19.3 Å². The summed E-state index contributed by atoms with van der Waals surface area (Å²) >= 11 is 0. The van der Waals surface area contributed by atoms with Crippen LogP contribution >= 0.6 is 0 Å². The molecule has 1 amide bonds. The van der Waals surface area contributed by atoms with Crippen LogP contribution in [-0.4, -0.2) is 23.4 Å². The normalized spacial score (nSPS) is 17.3. The second-order valence-corrected chi connectivity index (χ2v) is 4.36. The van der Waals surface area contributed by atoms with Gasteiger partial charge in [0.1, 0.15) is 0 Å². The van der Waals surface area contributed by atoms with Gasteiger partial charge in [-0.05, 0) is 31.9 Å². The molecular formula is C13H19NO2. The first kappa shape index (κ1) is 11.2. The summed E-state index contributed by atoms with van der Waals surface area (Å²) in [6.07, 6.45) is 7.63. The van der Waals surface area contributed by atoms with Gasteiger partial charge in [0.2, 0.25) is 0 Å². The molecule has 1 saturated carbocycles. The van der Waals surface area contributed by atoms with Crippen molar-refractivity contribution in [3.8, 4) is 0 Å². The molecule has 0 bridgehead atoms. The van der Waals surface area contributed by atoms with Gasteiger partial charge in [-0.25, -0.2) is 0 Å². The smallest absolute Gasteiger partial charge is 0.289 e. The molecule has 0 aromatic carbocycles. The summed E-state index contributed by atoms with van der Waals surface area (Å²) in [7, 11) is 0. The number of nitrogens with zero attached hydrogens (tertiary/aromatic N) is 1. The van der Waals surface area contributed by atoms with Gasteiger partial charge in [0.15, 0.2) is 5.76 Å². The van der Waals surface area contributed by atoms with Crippen molar-refractivity contribution in [1.82, 2.24) is 4.90 Å². The molecule has 1 aromatic heterocycles. The molecule has 0 atom stereocenters. The van der Waals surface area contributed by atoms with Crippen molar-refractivity contribution < 1.29 is 9.21 Å². The lowest BCUT2D eigenvalue weighted by Crippen LogP contribution is -2.41. The highest BCUT2D eigenvalue weighted by atomic mass is 16.3. The fourth-order valence-corrected chi connectivity index (χ4v) is 2.50. The molecule has 1 aromatic rings. The largest absolute Gasteiger partial charge is 0.459 e. The Morgan fingerprint density at radius 3 is 2.75 bits per heavy atom. The average molecular weight is 221 g/mol. The molecule has 0 radical (unpaired) electrons. The number of carbonyl (C=O) groups is 1. The van der Waals surface area contributed by atoms with E-state index in [4.69, 9.17) is 4.42 Å². The lowest BCUT2D eigenvalue weighted by atomic mass is 9.94. The molecule has 1 aliphatic rings. The Morgan fingerprint density at radius 1 is 1.44 bits per heavy atom. The van der Waals surface area contributed by atoms with Crippen molar-refractivity contribution in [1.29, 1.82) is 0 Å². The average Bonchev–Trinajstić information content (AvgIpc) is 2.85. The minimum Gasteiger partial charge on any atom is -0.459 e. The van der Waals surface area contributed by atoms with E-state index in [-0.39, 0.29) is 5.91 Å². The molecule has 3 nitrogen and oxygen atoms in total. The van der Waals surface area contributed by atoms with Crippen LogP contribution in [0.5, 0.6) is 0 Å². The maximum Gasteiger partial charge on any atom is 0.289 e. The molecule has 16 heavy (non-hydrogen) atoms. The van der Waals surface area contributed by atoms with Gasteiger partial charge >= 0.3 is 0 Å². The topological polar surface area (TPSA) is 33.5 Å². The number of furan rings is 1. The minimum absolute atomic E-state index is 0.0411. The molecular weight excluding hydrogens is 202 g/mol. The van der Waals surface area contributed by atoms with Crippen LogP contribution in [-0.2, 0) is 0 Å². The van der Waals surface area contributed by atoms with Crippen LogP contribution in [0.1, 0.15) is 49.6 Å². The molecule has 1 fully saturated rings. The highest BCUT2D eigenvalue weighted by molar-refractivity contribution is 5.91. The van der Waals surface area contributed by atoms with Gasteiger partial charge in [0.05, 0.1) is 6.26 Å². The van der Waals surface area contributed by atoms with Crippen LogP contribution in [0.2, 0.25) is 0 Å². The molecule has 0 N–H and O–H groups in total. The van der Waals surface area contributed by atoms with Crippen LogP contribution in [0.3, 0.4) is 0 Å². The fourth-order valence-electron chi connectivity index (χ4n) is 2.50. The number of rotatable bonds is 3. The van der Waals surface area contributed by atoms with Crippen LogP contribution in [0.15, 0.2) is 22.8 Å². The van der Waals surface area contributed by atoms with E-state index in [1.54, 1.807) is 18.4 Å². The monoisotopic (exact) mass is 221 g/mol. The maximum atomic E-state index is 12.2. The van der Waals surface area contributed by atoms with Crippen molar-refractivity contribution in [2.45, 2.75) is 45.1 Å². The van der Waals surface area contributed by atoms with E-state index < -0.39 is 0 Å². The van der Waals surface area contributed by atoms with E-state index in [1.807, 2.05) is 11.8 Å². The Hall–Kier alpha value is -1.25. The predicted molar refractivity (Wildman–Crippen MR) is 62.3 cm³/mol. The molecule has 1 aliphatic carbocycles. The number of hydrogen-bond acceptors (Lipinski definition) is 2. The zero-order chi connectivity index (χ0) is 11.4. The predicted octanol–water partition coefficient (Wildman–Crippen LogP) is 3.07. The van der Waals surface area contributed by atoms with Crippen molar-refractivity contribution >= 4 is 5.91 Å². The Kier molecular flexibility index (Phi) is 3.65. The molecule has 1 heterocycles. The Balaban J connectivity index is 2.06. The van der Waals surface area contributed by atoms with E-state index in [0.717, 1.165) is 19.4 Å². The van der Waals surface area contributed by atoms with Gasteiger partial charge < -0.3 is 9.32 Å². The first-order valence-corrected chi connectivity index (χ1v) is 6.17. The third-order valence-electron chi connectivity index (χ3n) is 3.35. The first-order chi connectivity index (χ1) is 7.83. The molecule has 0 unspecified atom stereocenters. The van der Waals surface area contributed by atoms with Gasteiger partial charge in [-0.15, -0.1) is 0 Å². The summed E-state index contributed by atoms with van der Waals surface area (Å²) in [5.74, 6) is 0.506. The fraction of sp³-hybridized carbons (Fsp3) is 0.615. The third-order valence-corrected chi connectivity index (χ3v) is 3.35. The Morgan fingerprint density at radius 2 is 2.19 bits per heavy atom. The molecule has 0 spiro atoms. The van der Waals surface area contributed by atoms with Gasteiger partial charge in [0, 0.05) is 12.6 Å². The lowest BCUT2D eigenvalue weighted by Gasteiger charge is -2.32. The van der Waals surface area contributed by atoms with Crippen molar-refractivity contribution in [2.24, 2.45) is 0 Å². The van der Waals surface area contributed by atoms with Crippen LogP contribution in [0.4, 0.5) is 0 Å². The zero-order valence-corrected chi connectivity index (χ0v) is 9.82. The standard InChI is InChI=1S/C13H19NO2/c1-2-14(11-7-4-3-5-8-11)13(15)12-9-6-10-16-12/h6,9-11H,2-5,7-8H2,1H3. The number of carbonyl (C=O) groups excluding carboxylic acids is 1. The minimum atomic E-state index is 0.0411. The Bertz CT molecular complexity index is 326. The molecule has 2 rings (SSSR count). The van der Waals surface area contributed by atoms with Crippen LogP contribution < -0.4 is 0 Å². The van der Waals surface area contributed by atoms with Gasteiger partial charge in [-0.1, -0.05) is 19.3 Å². The van der Waals surface area contributed by atoms with E-state index >= 15 is 0 Å². The first-order valence-electron chi connectivity index (χ1n) is 6.17. The quantitative estimate of drug-likeness (QED) is 0.786. The van der Waals surface area contributed by atoms with E-state index in [0.29, 0.717) is 11.8 Å². The van der Waals surface area contributed by atoms with Crippen LogP contribution in [0, 0.1) is 0 Å². The maximum absolute atomic E-state index is 12.2. The highest BCUT2D eigenvalue weighted by Crippen LogP contribution is 2.23. The summed E-state index contributed by atoms with van der Waals surface area (Å²) < 4.78 is 5.18. The molecule has 3 heteroatoms. The summed E-state index contributed by atoms with van der Waals surface area (Å²) in [5.41, 5.74) is 0. The Labute approximate surface area is 96.4 Å². The van der Waals surface area contributed by atoms with Gasteiger partial charge in [0.25, 0.3) is 5.91 Å². The van der Waals surface area contributed by atoms with E-state index in [2.05, 4.69) is 0 Å². The number of hydrogen-bond donors (Lipinski definition) is 0. The lowest BCUT2D eigenvalue weighted by molar-refractivity contribution is 0.0615. The van der Waals surface area contributed by atoms with Gasteiger partial charge in [-0.3, -0.25) is 4.79 Å². The third kappa shape index (κ3) is 2.29. The summed E-state index contributed by atoms with van der Waals surface area (Å²) in [6.45, 7) is 2.81. The number of amides is 1. The van der Waals surface area contributed by atoms with Crippen molar-refractivity contribution in [3.63, 3.8) is 0 Å². The van der Waals surface area contributed by atoms with Gasteiger partial charge in [-0.2, -0.15) is 0 Å². The molecule has 0 aliphatic heterocycles. The highest BCUT2D eigenvalue weighted by Gasteiger charge is 2.26. The SMILES string of the molecule is CCN(C(=O)c1ccco1)C1CCCCC1. The zero-order valence-electron chi connectivity index (χ0n) is 9.82. The molecule has 0 saturated heterocycles. The summed E-state index contributed by atoms with van der Waals surface area (Å²) in [6, 6.07) is 3.92. The summed E-state index contributed by atoms with van der Waals surface area (Å²) in [5, 5.41) is 0. The van der Waals surface area contributed by atoms with Crippen LogP contribution in [0.25, 0.3) is 0 Å². The van der Waals surface area contributed by atoms with Crippen molar-refractivity contribution in [3.05, 3.63) is 24.2 Å².